The number of nitrogens with zero attached hydrogens (tertiary/aromatic N) is 3. The van der Waals surface area contributed by atoms with Gasteiger partial charge in [-0.3, -0.25) is 14.5 Å². The summed E-state index contributed by atoms with van der Waals surface area (Å²) in [6.07, 6.45) is 1.97. The van der Waals surface area contributed by atoms with Gasteiger partial charge in [0.05, 0.1) is 6.04 Å². The van der Waals surface area contributed by atoms with Gasteiger partial charge in [-0.15, -0.1) is 0 Å². The van der Waals surface area contributed by atoms with Crippen LogP contribution in [0.15, 0.2) is 36.5 Å². The molecular weight excluding hydrogens is 373 g/mol. The fraction of sp³-hybridized carbons (Fsp3) is 0.429. The van der Waals surface area contributed by atoms with Crippen molar-refractivity contribution in [2.45, 2.75) is 13.0 Å². The third-order valence-electron chi connectivity index (χ3n) is 5.40. The topological polar surface area (TPSA) is 69.6 Å². The number of piperazine rings is 1. The van der Waals surface area contributed by atoms with E-state index in [0.29, 0.717) is 12.1 Å². The number of anilines is 1. The lowest BCUT2D eigenvalue weighted by Gasteiger charge is -2.38. The van der Waals surface area contributed by atoms with E-state index in [1.807, 2.05) is 29.9 Å². The summed E-state index contributed by atoms with van der Waals surface area (Å²) in [5.41, 5.74) is 1.81. The number of likely N-dealkylation sites (N-methyl/N-ethyl adjacent to an activating group) is 1. The number of hydrogen-bond donors (Lipinski definition) is 2. The number of hydrogen-bond acceptors (Lipinski definition) is 4. The Kier molecular flexibility index (Phi) is 6.66. The highest BCUT2D eigenvalue weighted by molar-refractivity contribution is 6.39. The van der Waals surface area contributed by atoms with Crippen LogP contribution in [0.5, 0.6) is 0 Å². The molecule has 0 saturated carbocycles. The minimum Gasteiger partial charge on any atom is -0.353 e. The number of benzene rings is 1. The second-order valence-corrected chi connectivity index (χ2v) is 7.53. The second kappa shape index (κ2) is 9.19. The molecule has 3 rings (SSSR count). The van der Waals surface area contributed by atoms with Gasteiger partial charge in [0.2, 0.25) is 0 Å². The van der Waals surface area contributed by atoms with Crippen molar-refractivity contribution in [1.82, 2.24) is 19.7 Å². The molecule has 1 saturated heterocycles. The fourth-order valence-electron chi connectivity index (χ4n) is 3.50. The molecule has 0 bridgehead atoms. The van der Waals surface area contributed by atoms with Crippen LogP contribution in [0.3, 0.4) is 0 Å². The average Bonchev–Trinajstić information content (AvgIpc) is 3.12. The van der Waals surface area contributed by atoms with E-state index in [1.54, 1.807) is 19.1 Å². The number of rotatable bonds is 5. The van der Waals surface area contributed by atoms with E-state index < -0.39 is 17.6 Å². The number of halogens is 1. The van der Waals surface area contributed by atoms with Crippen LogP contribution >= 0.6 is 0 Å². The van der Waals surface area contributed by atoms with Crippen molar-refractivity contribution in [3.63, 3.8) is 0 Å². The quantitative estimate of drug-likeness (QED) is 0.746. The normalized spacial score (nSPS) is 16.4. The number of nitrogens with one attached hydrogen (secondary N) is 2. The van der Waals surface area contributed by atoms with Crippen molar-refractivity contribution in [3.8, 4) is 0 Å². The lowest BCUT2D eigenvalue weighted by Crippen LogP contribution is -2.49. The van der Waals surface area contributed by atoms with E-state index in [9.17, 15) is 14.0 Å². The highest BCUT2D eigenvalue weighted by atomic mass is 19.1. The highest BCUT2D eigenvalue weighted by Gasteiger charge is 2.27. The molecule has 0 spiro atoms. The van der Waals surface area contributed by atoms with Crippen LogP contribution in [0, 0.1) is 12.7 Å². The lowest BCUT2D eigenvalue weighted by atomic mass is 10.1. The molecule has 1 atom stereocenters. The number of carbonyl (C=O) groups excluding carboxylic acids is 2. The minimum atomic E-state index is -0.808. The Morgan fingerprint density at radius 2 is 1.83 bits per heavy atom. The van der Waals surface area contributed by atoms with Gasteiger partial charge >= 0.3 is 11.8 Å². The van der Waals surface area contributed by atoms with E-state index in [-0.39, 0.29) is 11.7 Å². The summed E-state index contributed by atoms with van der Waals surface area (Å²) in [5, 5.41) is 5.19. The number of aromatic nitrogens is 1. The molecular formula is C21H28FN5O2. The predicted octanol–water partition coefficient (Wildman–Crippen LogP) is 1.52. The number of aryl methyl sites for hydroxylation is 2. The van der Waals surface area contributed by atoms with Crippen molar-refractivity contribution in [2.75, 3.05) is 45.1 Å². The zero-order valence-electron chi connectivity index (χ0n) is 17.1. The highest BCUT2D eigenvalue weighted by Crippen LogP contribution is 2.21. The molecule has 156 valence electrons. The molecule has 2 aromatic rings. The molecule has 0 aliphatic carbocycles. The molecule has 29 heavy (non-hydrogen) atoms. The van der Waals surface area contributed by atoms with Crippen molar-refractivity contribution in [3.05, 3.63) is 53.6 Å². The molecule has 8 heteroatoms. The SMILES string of the molecule is Cc1ccc(NC(=O)C(=O)NCC(c2cccn2C)N2CCN(C)CC2)cc1F. The Morgan fingerprint density at radius 3 is 2.45 bits per heavy atom. The summed E-state index contributed by atoms with van der Waals surface area (Å²) in [7, 11) is 4.06. The Bertz CT molecular complexity index is 874. The second-order valence-electron chi connectivity index (χ2n) is 7.53. The molecule has 1 aliphatic rings. The van der Waals surface area contributed by atoms with Crippen LogP contribution < -0.4 is 10.6 Å². The molecule has 0 radical (unpaired) electrons. The van der Waals surface area contributed by atoms with Crippen LogP contribution in [0.4, 0.5) is 10.1 Å². The van der Waals surface area contributed by atoms with Gasteiger partial charge in [-0.25, -0.2) is 4.39 Å². The van der Waals surface area contributed by atoms with E-state index in [2.05, 4.69) is 27.5 Å². The first-order valence-corrected chi connectivity index (χ1v) is 9.74. The Labute approximate surface area is 170 Å². The summed E-state index contributed by atoms with van der Waals surface area (Å²) in [5.74, 6) is -1.97. The summed E-state index contributed by atoms with van der Waals surface area (Å²) >= 11 is 0. The van der Waals surface area contributed by atoms with E-state index >= 15 is 0 Å². The van der Waals surface area contributed by atoms with Gasteiger partial charge in [-0.2, -0.15) is 0 Å². The van der Waals surface area contributed by atoms with Gasteiger partial charge < -0.3 is 20.1 Å². The zero-order valence-corrected chi connectivity index (χ0v) is 17.1. The zero-order chi connectivity index (χ0) is 21.0. The van der Waals surface area contributed by atoms with Crippen molar-refractivity contribution < 1.29 is 14.0 Å². The Balaban J connectivity index is 1.63. The largest absolute Gasteiger partial charge is 0.353 e. The van der Waals surface area contributed by atoms with Crippen molar-refractivity contribution >= 4 is 17.5 Å². The van der Waals surface area contributed by atoms with E-state index in [0.717, 1.165) is 31.9 Å². The molecule has 2 N–H and O–H groups in total. The first kappa shape index (κ1) is 21.0. The molecule has 1 unspecified atom stereocenters. The lowest BCUT2D eigenvalue weighted by molar-refractivity contribution is -0.136. The van der Waals surface area contributed by atoms with Crippen LogP contribution in [0.2, 0.25) is 0 Å². The van der Waals surface area contributed by atoms with Gasteiger partial charge in [-0.1, -0.05) is 6.07 Å². The standard InChI is InChI=1S/C21H28FN5O2/c1-15-6-7-16(13-17(15)22)24-21(29)20(28)23-14-19(18-5-4-8-26(18)3)27-11-9-25(2)10-12-27/h4-8,13,19H,9-12,14H2,1-3H3,(H,23,28)(H,24,29). The van der Waals surface area contributed by atoms with Crippen molar-refractivity contribution in [1.29, 1.82) is 0 Å². The number of amides is 2. The smallest absolute Gasteiger partial charge is 0.313 e. The van der Waals surface area contributed by atoms with Crippen molar-refractivity contribution in [2.24, 2.45) is 7.05 Å². The molecule has 1 aliphatic heterocycles. The third-order valence-corrected chi connectivity index (χ3v) is 5.40. The van der Waals surface area contributed by atoms with Crippen LogP contribution in [0.25, 0.3) is 0 Å². The van der Waals surface area contributed by atoms with Crippen LogP contribution in [0.1, 0.15) is 17.3 Å². The summed E-state index contributed by atoms with van der Waals surface area (Å²) in [6.45, 7) is 5.63. The third kappa shape index (κ3) is 5.21. The van der Waals surface area contributed by atoms with Gasteiger partial charge in [0.25, 0.3) is 0 Å². The predicted molar refractivity (Wildman–Crippen MR) is 110 cm³/mol. The monoisotopic (exact) mass is 401 g/mol. The Morgan fingerprint density at radius 1 is 1.10 bits per heavy atom. The first-order valence-electron chi connectivity index (χ1n) is 9.74. The molecule has 2 amide bonds. The van der Waals surface area contributed by atoms with Crippen LogP contribution in [-0.4, -0.2) is 66.0 Å². The van der Waals surface area contributed by atoms with Crippen LogP contribution in [-0.2, 0) is 16.6 Å². The van der Waals surface area contributed by atoms with E-state index in [4.69, 9.17) is 0 Å². The molecule has 7 nitrogen and oxygen atoms in total. The maximum Gasteiger partial charge on any atom is 0.313 e. The first-order chi connectivity index (χ1) is 13.8. The van der Waals surface area contributed by atoms with Gasteiger partial charge in [0, 0.05) is 57.3 Å². The molecule has 1 fully saturated rings. The summed E-state index contributed by atoms with van der Waals surface area (Å²) in [4.78, 5) is 29.2. The summed E-state index contributed by atoms with van der Waals surface area (Å²) in [6, 6.07) is 8.31. The van der Waals surface area contributed by atoms with Gasteiger partial charge in [0.15, 0.2) is 0 Å². The maximum atomic E-state index is 13.6. The Hall–Kier alpha value is -2.71. The maximum absolute atomic E-state index is 13.6. The van der Waals surface area contributed by atoms with Gasteiger partial charge in [0.1, 0.15) is 5.82 Å². The fourth-order valence-corrected chi connectivity index (χ4v) is 3.50. The molecule has 1 aromatic heterocycles. The number of carbonyl (C=O) groups is 2. The average molecular weight is 401 g/mol. The summed E-state index contributed by atoms with van der Waals surface area (Å²) < 4.78 is 15.7. The molecule has 1 aromatic carbocycles. The van der Waals surface area contributed by atoms with Gasteiger partial charge in [-0.05, 0) is 43.8 Å². The minimum absolute atomic E-state index is 0.0303. The van der Waals surface area contributed by atoms with E-state index in [1.165, 1.54) is 6.07 Å². The molecule has 2 heterocycles.